The summed E-state index contributed by atoms with van der Waals surface area (Å²) < 4.78 is 0. The van der Waals surface area contributed by atoms with Gasteiger partial charge in [-0.3, -0.25) is 0 Å². The van der Waals surface area contributed by atoms with Crippen molar-refractivity contribution >= 4 is 11.8 Å². The standard InChI is InChI=1S/C8H13S/c1-3-4-5-6-7-8-9-2/h1,3-5,8H2,2H3. The third-order valence-electron chi connectivity index (χ3n) is 0.893. The molecular formula is C8H13S. The van der Waals surface area contributed by atoms with Crippen molar-refractivity contribution in [3.05, 3.63) is 6.92 Å². The number of unbranched alkanes of at least 4 members (excludes halogenated alkanes) is 2. The molecule has 0 bridgehead atoms. The second kappa shape index (κ2) is 7.91. The highest BCUT2D eigenvalue weighted by Crippen LogP contribution is 1.91. The Hall–Kier alpha value is -0.0900. The van der Waals surface area contributed by atoms with Crippen molar-refractivity contribution in [1.82, 2.24) is 0 Å². The summed E-state index contributed by atoms with van der Waals surface area (Å²) in [6.45, 7) is 3.73. The minimum Gasteiger partial charge on any atom is -0.152 e. The first-order chi connectivity index (χ1) is 4.41. The van der Waals surface area contributed by atoms with Gasteiger partial charge in [-0.2, -0.15) is 11.8 Å². The number of thioether (sulfide) groups is 1. The first-order valence-electron chi connectivity index (χ1n) is 3.15. The zero-order valence-corrected chi connectivity index (χ0v) is 6.76. The van der Waals surface area contributed by atoms with Gasteiger partial charge in [0.1, 0.15) is 0 Å². The molecule has 0 amide bonds. The largest absolute Gasteiger partial charge is 0.152 e. The smallest absolute Gasteiger partial charge is 0.0544 e. The second-order valence-electron chi connectivity index (χ2n) is 1.74. The summed E-state index contributed by atoms with van der Waals surface area (Å²) in [5.74, 6) is 7.10. The Bertz CT molecular complexity index is 96.9. The summed E-state index contributed by atoms with van der Waals surface area (Å²) in [7, 11) is 0. The van der Waals surface area contributed by atoms with Crippen molar-refractivity contribution in [2.75, 3.05) is 12.0 Å². The molecule has 0 saturated carbocycles. The quantitative estimate of drug-likeness (QED) is 0.429. The molecule has 0 aliphatic heterocycles. The van der Waals surface area contributed by atoms with Gasteiger partial charge in [0, 0.05) is 6.42 Å². The highest BCUT2D eigenvalue weighted by atomic mass is 32.2. The molecule has 0 nitrogen and oxygen atoms in total. The van der Waals surface area contributed by atoms with Gasteiger partial charge in [-0.1, -0.05) is 19.3 Å². The summed E-state index contributed by atoms with van der Waals surface area (Å²) in [5, 5.41) is 0. The van der Waals surface area contributed by atoms with E-state index < -0.39 is 0 Å². The maximum absolute atomic E-state index is 3.73. The highest BCUT2D eigenvalue weighted by Gasteiger charge is 1.75. The topological polar surface area (TPSA) is 0 Å². The monoisotopic (exact) mass is 141 g/mol. The van der Waals surface area contributed by atoms with E-state index in [0.717, 1.165) is 25.0 Å². The molecule has 1 radical (unpaired) electrons. The fourth-order valence-electron chi connectivity index (χ4n) is 0.425. The van der Waals surface area contributed by atoms with Crippen molar-refractivity contribution in [3.8, 4) is 11.8 Å². The van der Waals surface area contributed by atoms with Gasteiger partial charge in [0.25, 0.3) is 0 Å². The predicted molar refractivity (Wildman–Crippen MR) is 45.4 cm³/mol. The third kappa shape index (κ3) is 7.91. The van der Waals surface area contributed by atoms with Crippen LogP contribution in [0.3, 0.4) is 0 Å². The molecule has 0 atom stereocenters. The average Bonchev–Trinajstić information content (AvgIpc) is 1.89. The van der Waals surface area contributed by atoms with Gasteiger partial charge >= 0.3 is 0 Å². The van der Waals surface area contributed by atoms with Crippen molar-refractivity contribution < 1.29 is 0 Å². The maximum atomic E-state index is 3.73. The molecular weight excluding hydrogens is 128 g/mol. The fraction of sp³-hybridized carbons (Fsp3) is 0.625. The normalized spacial score (nSPS) is 8.22. The highest BCUT2D eigenvalue weighted by molar-refractivity contribution is 7.98. The number of hydrogen-bond acceptors (Lipinski definition) is 1. The van der Waals surface area contributed by atoms with Gasteiger partial charge in [-0.25, -0.2) is 0 Å². The molecule has 0 saturated heterocycles. The lowest BCUT2D eigenvalue weighted by Gasteiger charge is -1.83. The minimum absolute atomic E-state index is 0.969. The Morgan fingerprint density at radius 2 is 2.22 bits per heavy atom. The molecule has 0 N–H and O–H groups in total. The predicted octanol–water partition coefficient (Wildman–Crippen LogP) is 2.36. The molecule has 0 aromatic rings. The van der Waals surface area contributed by atoms with E-state index in [4.69, 9.17) is 0 Å². The minimum atomic E-state index is 0.969. The Kier molecular flexibility index (Phi) is 7.83. The van der Waals surface area contributed by atoms with Crippen LogP contribution < -0.4 is 0 Å². The van der Waals surface area contributed by atoms with Gasteiger partial charge in [-0.15, -0.1) is 5.92 Å². The van der Waals surface area contributed by atoms with Crippen LogP contribution in [0.5, 0.6) is 0 Å². The molecule has 0 rings (SSSR count). The van der Waals surface area contributed by atoms with Gasteiger partial charge in [-0.05, 0) is 12.7 Å². The van der Waals surface area contributed by atoms with E-state index >= 15 is 0 Å². The van der Waals surface area contributed by atoms with Crippen LogP contribution in [0.15, 0.2) is 0 Å². The van der Waals surface area contributed by atoms with Gasteiger partial charge < -0.3 is 0 Å². The molecule has 9 heavy (non-hydrogen) atoms. The molecule has 0 aliphatic carbocycles. The molecule has 0 aliphatic rings. The Balaban J connectivity index is 2.96. The van der Waals surface area contributed by atoms with Crippen molar-refractivity contribution in [1.29, 1.82) is 0 Å². The molecule has 1 heteroatoms. The summed E-state index contributed by atoms with van der Waals surface area (Å²) in [4.78, 5) is 0. The van der Waals surface area contributed by atoms with Crippen LogP contribution in [-0.2, 0) is 0 Å². The number of hydrogen-bond donors (Lipinski definition) is 0. The summed E-state index contributed by atoms with van der Waals surface area (Å²) in [6, 6.07) is 0. The van der Waals surface area contributed by atoms with Crippen LogP contribution in [0.25, 0.3) is 0 Å². The number of rotatable bonds is 3. The van der Waals surface area contributed by atoms with Crippen LogP contribution in [0, 0.1) is 18.8 Å². The van der Waals surface area contributed by atoms with Crippen molar-refractivity contribution in [2.24, 2.45) is 0 Å². The van der Waals surface area contributed by atoms with Gasteiger partial charge in [0.05, 0.1) is 5.75 Å². The van der Waals surface area contributed by atoms with E-state index in [1.807, 2.05) is 0 Å². The van der Waals surface area contributed by atoms with E-state index in [-0.39, 0.29) is 0 Å². The third-order valence-corrected chi connectivity index (χ3v) is 1.33. The van der Waals surface area contributed by atoms with E-state index in [9.17, 15) is 0 Å². The van der Waals surface area contributed by atoms with Crippen LogP contribution in [0.2, 0.25) is 0 Å². The molecule has 0 fully saturated rings. The van der Waals surface area contributed by atoms with Crippen LogP contribution in [0.4, 0.5) is 0 Å². The molecule has 0 aromatic carbocycles. The van der Waals surface area contributed by atoms with Crippen molar-refractivity contribution in [2.45, 2.75) is 19.3 Å². The Morgan fingerprint density at radius 3 is 2.78 bits per heavy atom. The molecule has 0 heterocycles. The zero-order chi connectivity index (χ0) is 6.95. The lowest BCUT2D eigenvalue weighted by molar-refractivity contribution is 0.883. The molecule has 0 aromatic heterocycles. The summed E-state index contributed by atoms with van der Waals surface area (Å²) >= 11 is 1.77. The summed E-state index contributed by atoms with van der Waals surface area (Å²) in [5.41, 5.74) is 0. The van der Waals surface area contributed by atoms with E-state index in [1.54, 1.807) is 11.8 Å². The fourth-order valence-corrected chi connectivity index (χ4v) is 0.671. The lowest BCUT2D eigenvalue weighted by Crippen LogP contribution is -1.69. The van der Waals surface area contributed by atoms with Gasteiger partial charge in [0.2, 0.25) is 0 Å². The maximum Gasteiger partial charge on any atom is 0.0544 e. The molecule has 51 valence electrons. The van der Waals surface area contributed by atoms with Crippen LogP contribution in [-0.4, -0.2) is 12.0 Å². The first-order valence-corrected chi connectivity index (χ1v) is 4.55. The Labute approximate surface area is 62.4 Å². The second-order valence-corrected chi connectivity index (χ2v) is 2.61. The lowest BCUT2D eigenvalue weighted by atomic mass is 10.3. The summed E-state index contributed by atoms with van der Waals surface area (Å²) in [6.07, 6.45) is 5.23. The van der Waals surface area contributed by atoms with Crippen LogP contribution in [0.1, 0.15) is 19.3 Å². The zero-order valence-electron chi connectivity index (χ0n) is 5.94. The molecule has 0 spiro atoms. The van der Waals surface area contributed by atoms with Crippen LogP contribution >= 0.6 is 11.8 Å². The van der Waals surface area contributed by atoms with E-state index in [2.05, 4.69) is 25.0 Å². The molecule has 0 unspecified atom stereocenters. The SMILES string of the molecule is [CH2]CCCC#CCSC. The van der Waals surface area contributed by atoms with Gasteiger partial charge in [0.15, 0.2) is 0 Å². The van der Waals surface area contributed by atoms with E-state index in [0.29, 0.717) is 0 Å². The Morgan fingerprint density at radius 1 is 1.44 bits per heavy atom. The first kappa shape index (κ1) is 8.91. The van der Waals surface area contributed by atoms with Crippen molar-refractivity contribution in [3.63, 3.8) is 0 Å². The van der Waals surface area contributed by atoms with E-state index in [1.165, 1.54) is 0 Å². The average molecular weight is 141 g/mol.